The number of alkyl halides is 1. The van der Waals surface area contributed by atoms with Gasteiger partial charge in [0.15, 0.2) is 0 Å². The summed E-state index contributed by atoms with van der Waals surface area (Å²) in [5.41, 5.74) is 0. The van der Waals surface area contributed by atoms with E-state index in [4.69, 9.17) is 4.74 Å². The molecule has 1 aliphatic rings. The number of nitrogens with zero attached hydrogens (tertiary/aromatic N) is 3. The molecule has 0 aromatic carbocycles. The van der Waals surface area contributed by atoms with Crippen LogP contribution in [0.5, 0.6) is 0 Å². The topological polar surface area (TPSA) is 39.9 Å². The molecule has 2 rings (SSSR count). The number of hydrogen-bond donors (Lipinski definition) is 0. The van der Waals surface area contributed by atoms with Crippen molar-refractivity contribution >= 4 is 15.9 Å². The lowest BCUT2D eigenvalue weighted by Crippen LogP contribution is -2.11. The van der Waals surface area contributed by atoms with Crippen molar-refractivity contribution < 1.29 is 4.74 Å². The van der Waals surface area contributed by atoms with Crippen LogP contribution in [0.4, 0.5) is 0 Å². The number of rotatable bonds is 4. The highest BCUT2D eigenvalue weighted by atomic mass is 79.9. The molecule has 0 spiro atoms. The summed E-state index contributed by atoms with van der Waals surface area (Å²) in [5.74, 6) is 2.54. The van der Waals surface area contributed by atoms with E-state index in [9.17, 15) is 0 Å². The average molecular weight is 288 g/mol. The molecule has 1 fully saturated rings. The van der Waals surface area contributed by atoms with Crippen LogP contribution in [-0.2, 0) is 16.6 Å². The van der Waals surface area contributed by atoms with Gasteiger partial charge in [-0.1, -0.05) is 22.9 Å². The number of ether oxygens (including phenoxy) is 1. The molecule has 5 heteroatoms. The highest BCUT2D eigenvalue weighted by Crippen LogP contribution is 2.28. The average Bonchev–Trinajstić information content (AvgIpc) is 2.85. The lowest BCUT2D eigenvalue weighted by atomic mass is 10.1. The monoisotopic (exact) mass is 287 g/mol. The molecule has 1 aromatic heterocycles. The van der Waals surface area contributed by atoms with Gasteiger partial charge < -0.3 is 9.30 Å². The Bertz CT molecular complexity index is 353. The van der Waals surface area contributed by atoms with E-state index in [2.05, 4.69) is 44.5 Å². The molecule has 0 radical (unpaired) electrons. The Morgan fingerprint density at radius 2 is 2.31 bits per heavy atom. The van der Waals surface area contributed by atoms with Crippen LogP contribution in [0.25, 0.3) is 0 Å². The van der Waals surface area contributed by atoms with Gasteiger partial charge in [0.2, 0.25) is 0 Å². The maximum atomic E-state index is 5.60. The lowest BCUT2D eigenvalue weighted by Gasteiger charge is -2.11. The second-order valence-electron chi connectivity index (χ2n) is 4.34. The molecule has 90 valence electrons. The minimum absolute atomic E-state index is 0.351. The third kappa shape index (κ3) is 2.30. The van der Waals surface area contributed by atoms with Crippen molar-refractivity contribution in [2.75, 3.05) is 6.61 Å². The standard InChI is InChI=1S/C11H18BrN3O/c1-3-4-15-10(6-12)13-14-11(15)9-5-8(2)16-7-9/h8-9H,3-7H2,1-2H3. The molecule has 16 heavy (non-hydrogen) atoms. The molecule has 0 N–H and O–H groups in total. The van der Waals surface area contributed by atoms with Gasteiger partial charge in [-0.2, -0.15) is 0 Å². The van der Waals surface area contributed by atoms with Crippen molar-refractivity contribution in [1.82, 2.24) is 14.8 Å². The van der Waals surface area contributed by atoms with E-state index >= 15 is 0 Å². The van der Waals surface area contributed by atoms with Crippen LogP contribution in [0.1, 0.15) is 44.3 Å². The molecule has 1 aromatic rings. The summed E-state index contributed by atoms with van der Waals surface area (Å²) in [6.07, 6.45) is 2.52. The van der Waals surface area contributed by atoms with Crippen LogP contribution in [-0.4, -0.2) is 27.5 Å². The van der Waals surface area contributed by atoms with E-state index in [1.807, 2.05) is 0 Å². The molecule has 0 bridgehead atoms. The van der Waals surface area contributed by atoms with Gasteiger partial charge in [0, 0.05) is 12.5 Å². The van der Waals surface area contributed by atoms with Crippen LogP contribution in [0, 0.1) is 0 Å². The van der Waals surface area contributed by atoms with Crippen molar-refractivity contribution in [3.8, 4) is 0 Å². The molecular formula is C11H18BrN3O. The second-order valence-corrected chi connectivity index (χ2v) is 4.90. The fourth-order valence-corrected chi connectivity index (χ4v) is 2.63. The Labute approximate surface area is 105 Å². The summed E-state index contributed by atoms with van der Waals surface area (Å²) in [4.78, 5) is 0. The van der Waals surface area contributed by atoms with E-state index in [0.717, 1.165) is 43.0 Å². The largest absolute Gasteiger partial charge is 0.378 e. The predicted molar refractivity (Wildman–Crippen MR) is 65.7 cm³/mol. The molecule has 0 aliphatic carbocycles. The fourth-order valence-electron chi connectivity index (χ4n) is 2.21. The highest BCUT2D eigenvalue weighted by Gasteiger charge is 2.28. The van der Waals surface area contributed by atoms with Crippen molar-refractivity contribution in [2.24, 2.45) is 0 Å². The van der Waals surface area contributed by atoms with Crippen molar-refractivity contribution in [1.29, 1.82) is 0 Å². The summed E-state index contributed by atoms with van der Waals surface area (Å²) in [6, 6.07) is 0. The summed E-state index contributed by atoms with van der Waals surface area (Å²) >= 11 is 3.46. The van der Waals surface area contributed by atoms with Gasteiger partial charge >= 0.3 is 0 Å². The summed E-state index contributed by atoms with van der Waals surface area (Å²) in [6.45, 7) is 6.07. The lowest BCUT2D eigenvalue weighted by molar-refractivity contribution is 0.123. The number of halogens is 1. The smallest absolute Gasteiger partial charge is 0.143 e. The van der Waals surface area contributed by atoms with Gasteiger partial charge in [0.25, 0.3) is 0 Å². The Hall–Kier alpha value is -0.420. The van der Waals surface area contributed by atoms with Crippen LogP contribution in [0.2, 0.25) is 0 Å². The maximum Gasteiger partial charge on any atom is 0.143 e. The first-order chi connectivity index (χ1) is 7.76. The molecule has 0 saturated carbocycles. The Balaban J connectivity index is 2.22. The molecule has 4 nitrogen and oxygen atoms in total. The first-order valence-electron chi connectivity index (χ1n) is 5.85. The highest BCUT2D eigenvalue weighted by molar-refractivity contribution is 9.08. The zero-order valence-electron chi connectivity index (χ0n) is 9.82. The molecule has 1 aliphatic heterocycles. The summed E-state index contributed by atoms with van der Waals surface area (Å²) in [7, 11) is 0. The van der Waals surface area contributed by atoms with Gasteiger partial charge in [-0.3, -0.25) is 0 Å². The van der Waals surface area contributed by atoms with Gasteiger partial charge in [-0.25, -0.2) is 0 Å². The van der Waals surface area contributed by atoms with Crippen LogP contribution in [0.3, 0.4) is 0 Å². The molecule has 2 atom stereocenters. The molecule has 1 saturated heterocycles. The molecule has 0 amide bonds. The van der Waals surface area contributed by atoms with Crippen molar-refractivity contribution in [3.63, 3.8) is 0 Å². The summed E-state index contributed by atoms with van der Waals surface area (Å²) < 4.78 is 7.84. The zero-order chi connectivity index (χ0) is 11.5. The Morgan fingerprint density at radius 1 is 1.50 bits per heavy atom. The van der Waals surface area contributed by atoms with Gasteiger partial charge in [-0.05, 0) is 19.8 Å². The maximum absolute atomic E-state index is 5.60. The van der Waals surface area contributed by atoms with Crippen molar-refractivity contribution in [2.45, 2.75) is 50.6 Å². The van der Waals surface area contributed by atoms with Crippen LogP contribution >= 0.6 is 15.9 Å². The first-order valence-corrected chi connectivity index (χ1v) is 6.98. The molecular weight excluding hydrogens is 270 g/mol. The third-order valence-corrected chi connectivity index (χ3v) is 3.49. The van der Waals surface area contributed by atoms with Crippen LogP contribution in [0.15, 0.2) is 0 Å². The third-order valence-electron chi connectivity index (χ3n) is 2.99. The van der Waals surface area contributed by atoms with Gasteiger partial charge in [0.05, 0.1) is 18.0 Å². The normalized spacial score (nSPS) is 25.2. The number of aromatic nitrogens is 3. The minimum atomic E-state index is 0.351. The fraction of sp³-hybridized carbons (Fsp3) is 0.818. The predicted octanol–water partition coefficient (Wildman–Crippen LogP) is 2.48. The van der Waals surface area contributed by atoms with Gasteiger partial charge in [0.1, 0.15) is 11.6 Å². The van der Waals surface area contributed by atoms with Crippen LogP contribution < -0.4 is 0 Å². The van der Waals surface area contributed by atoms with E-state index < -0.39 is 0 Å². The minimum Gasteiger partial charge on any atom is -0.378 e. The zero-order valence-corrected chi connectivity index (χ0v) is 11.4. The van der Waals surface area contributed by atoms with E-state index in [0.29, 0.717) is 12.0 Å². The summed E-state index contributed by atoms with van der Waals surface area (Å²) in [5, 5.41) is 9.33. The van der Waals surface area contributed by atoms with E-state index in [1.54, 1.807) is 0 Å². The first kappa shape index (κ1) is 12.0. The number of hydrogen-bond acceptors (Lipinski definition) is 3. The molecule has 2 unspecified atom stereocenters. The second kappa shape index (κ2) is 5.27. The van der Waals surface area contributed by atoms with Crippen molar-refractivity contribution in [3.05, 3.63) is 11.6 Å². The van der Waals surface area contributed by atoms with Gasteiger partial charge in [-0.15, -0.1) is 10.2 Å². The quantitative estimate of drug-likeness (QED) is 0.799. The van der Waals surface area contributed by atoms with E-state index in [1.165, 1.54) is 0 Å². The van der Waals surface area contributed by atoms with E-state index in [-0.39, 0.29) is 0 Å². The Kier molecular flexibility index (Phi) is 3.97. The molecule has 2 heterocycles. The SMILES string of the molecule is CCCn1c(CBr)nnc1C1COC(C)C1. The Morgan fingerprint density at radius 3 is 2.88 bits per heavy atom.